The van der Waals surface area contributed by atoms with Gasteiger partial charge >= 0.3 is 6.03 Å². The molecule has 0 unspecified atom stereocenters. The van der Waals surface area contributed by atoms with Crippen LogP contribution < -0.4 is 4.90 Å². The summed E-state index contributed by atoms with van der Waals surface area (Å²) in [6.45, 7) is 3.36. The van der Waals surface area contributed by atoms with Crippen molar-refractivity contribution in [3.05, 3.63) is 66.2 Å². The van der Waals surface area contributed by atoms with Crippen LogP contribution in [-0.4, -0.2) is 53.3 Å². The minimum atomic E-state index is -0.258. The lowest BCUT2D eigenvalue weighted by Crippen LogP contribution is -2.49. The summed E-state index contributed by atoms with van der Waals surface area (Å²) in [4.78, 5) is 43.4. The molecule has 6 heteroatoms. The first kappa shape index (κ1) is 20.1. The Morgan fingerprint density at radius 2 is 1.57 bits per heavy atom. The average molecular weight is 405 g/mol. The number of hydrogen-bond donors (Lipinski definition) is 0. The number of likely N-dealkylation sites (tertiary alicyclic amines) is 1. The van der Waals surface area contributed by atoms with Crippen LogP contribution in [0.5, 0.6) is 0 Å². The Kier molecular flexibility index (Phi) is 5.84. The predicted octanol–water partition coefficient (Wildman–Crippen LogP) is 3.64. The van der Waals surface area contributed by atoms with Crippen LogP contribution in [-0.2, 0) is 9.59 Å². The maximum atomic E-state index is 13.1. The number of nitrogens with zero attached hydrogens (tertiary/aromatic N) is 3. The van der Waals surface area contributed by atoms with Crippen LogP contribution in [0.25, 0.3) is 0 Å². The Morgan fingerprint density at radius 1 is 0.967 bits per heavy atom. The van der Waals surface area contributed by atoms with Crippen LogP contribution in [0.3, 0.4) is 0 Å². The summed E-state index contributed by atoms with van der Waals surface area (Å²) in [6.07, 6.45) is 2.14. The molecular formula is C24H27N3O3. The molecule has 0 aliphatic carbocycles. The van der Waals surface area contributed by atoms with Crippen molar-refractivity contribution in [2.75, 3.05) is 24.5 Å². The number of benzene rings is 2. The lowest BCUT2D eigenvalue weighted by Gasteiger charge is -2.37. The number of para-hydroxylation sites is 1. The van der Waals surface area contributed by atoms with E-state index in [1.165, 1.54) is 4.90 Å². The Morgan fingerprint density at radius 3 is 2.17 bits per heavy atom. The van der Waals surface area contributed by atoms with E-state index in [1.807, 2.05) is 60.4 Å². The zero-order valence-electron chi connectivity index (χ0n) is 17.2. The molecule has 0 N–H and O–H groups in total. The van der Waals surface area contributed by atoms with E-state index in [0.717, 1.165) is 12.0 Å². The predicted molar refractivity (Wildman–Crippen MR) is 115 cm³/mol. The normalized spacial score (nSPS) is 18.8. The first-order valence-electron chi connectivity index (χ1n) is 10.6. The summed E-state index contributed by atoms with van der Waals surface area (Å²) in [6, 6.07) is 18.7. The Labute approximate surface area is 177 Å². The fourth-order valence-electron chi connectivity index (χ4n) is 4.49. The van der Waals surface area contributed by atoms with Gasteiger partial charge in [-0.15, -0.1) is 0 Å². The van der Waals surface area contributed by atoms with Crippen molar-refractivity contribution < 1.29 is 14.4 Å². The number of piperidine rings is 1. The van der Waals surface area contributed by atoms with Crippen molar-refractivity contribution in [1.82, 2.24) is 9.80 Å². The van der Waals surface area contributed by atoms with Gasteiger partial charge in [-0.2, -0.15) is 0 Å². The summed E-state index contributed by atoms with van der Waals surface area (Å²) < 4.78 is 0. The summed E-state index contributed by atoms with van der Waals surface area (Å²) in [5.74, 6) is -0.178. The molecule has 6 nitrogen and oxygen atoms in total. The molecule has 2 aliphatic rings. The van der Waals surface area contributed by atoms with Gasteiger partial charge in [0.2, 0.25) is 5.91 Å². The van der Waals surface area contributed by atoms with Crippen LogP contribution in [0.1, 0.15) is 37.7 Å². The zero-order chi connectivity index (χ0) is 21.1. The molecule has 2 saturated heterocycles. The van der Waals surface area contributed by atoms with Crippen LogP contribution in [0.15, 0.2) is 60.7 Å². The minimum Gasteiger partial charge on any atom is -0.342 e. The maximum Gasteiger partial charge on any atom is 0.332 e. The topological polar surface area (TPSA) is 60.9 Å². The quantitative estimate of drug-likeness (QED) is 0.714. The van der Waals surface area contributed by atoms with E-state index < -0.39 is 0 Å². The molecule has 0 radical (unpaired) electrons. The summed E-state index contributed by atoms with van der Waals surface area (Å²) in [5, 5.41) is 0. The molecule has 156 valence electrons. The van der Waals surface area contributed by atoms with E-state index in [9.17, 15) is 14.4 Å². The van der Waals surface area contributed by atoms with Gasteiger partial charge in [0.1, 0.15) is 6.54 Å². The van der Waals surface area contributed by atoms with Gasteiger partial charge in [-0.25, -0.2) is 9.69 Å². The second-order valence-electron chi connectivity index (χ2n) is 7.90. The van der Waals surface area contributed by atoms with Crippen molar-refractivity contribution in [2.24, 2.45) is 0 Å². The Balaban J connectivity index is 1.39. The van der Waals surface area contributed by atoms with Crippen LogP contribution in [0.2, 0.25) is 0 Å². The average Bonchev–Trinajstić information content (AvgIpc) is 3.09. The van der Waals surface area contributed by atoms with Crippen molar-refractivity contribution >= 4 is 23.5 Å². The third kappa shape index (κ3) is 3.82. The van der Waals surface area contributed by atoms with E-state index in [2.05, 4.69) is 0 Å². The first-order chi connectivity index (χ1) is 14.6. The number of anilines is 1. The van der Waals surface area contributed by atoms with Gasteiger partial charge in [-0.3, -0.25) is 9.59 Å². The summed E-state index contributed by atoms with van der Waals surface area (Å²) in [5.41, 5.74) is 1.65. The zero-order valence-corrected chi connectivity index (χ0v) is 17.2. The Hall–Kier alpha value is -3.15. The smallest absolute Gasteiger partial charge is 0.332 e. The van der Waals surface area contributed by atoms with Crippen LogP contribution in [0, 0.1) is 0 Å². The Bertz CT molecular complexity index is 908. The van der Waals surface area contributed by atoms with Gasteiger partial charge in [-0.05, 0) is 37.0 Å². The second-order valence-corrected chi connectivity index (χ2v) is 7.90. The van der Waals surface area contributed by atoms with Gasteiger partial charge in [-0.1, -0.05) is 55.5 Å². The van der Waals surface area contributed by atoms with E-state index in [4.69, 9.17) is 0 Å². The van der Waals surface area contributed by atoms with E-state index >= 15 is 0 Å². The number of urea groups is 1. The number of rotatable bonds is 5. The molecule has 4 rings (SSSR count). The molecule has 0 bridgehead atoms. The van der Waals surface area contributed by atoms with E-state index in [1.54, 1.807) is 17.0 Å². The third-order valence-corrected chi connectivity index (χ3v) is 6.13. The van der Waals surface area contributed by atoms with Gasteiger partial charge in [0, 0.05) is 19.1 Å². The number of amides is 4. The van der Waals surface area contributed by atoms with Crippen LogP contribution >= 0.6 is 0 Å². The van der Waals surface area contributed by atoms with Gasteiger partial charge in [0.05, 0.1) is 11.6 Å². The molecule has 0 saturated carbocycles. The van der Waals surface area contributed by atoms with Crippen molar-refractivity contribution in [2.45, 2.75) is 38.1 Å². The highest BCUT2D eigenvalue weighted by Gasteiger charge is 2.42. The molecule has 2 aromatic carbocycles. The highest BCUT2D eigenvalue weighted by molar-refractivity contribution is 6.19. The molecule has 0 aromatic heterocycles. The minimum absolute atomic E-state index is 0.0176. The fourth-order valence-corrected chi connectivity index (χ4v) is 4.49. The third-order valence-electron chi connectivity index (χ3n) is 6.13. The number of carbonyl (C=O) groups is 3. The highest BCUT2D eigenvalue weighted by Crippen LogP contribution is 2.28. The molecule has 2 fully saturated rings. The van der Waals surface area contributed by atoms with Gasteiger partial charge < -0.3 is 9.80 Å². The van der Waals surface area contributed by atoms with E-state index in [0.29, 0.717) is 31.6 Å². The maximum absolute atomic E-state index is 13.1. The number of hydrogen-bond acceptors (Lipinski definition) is 3. The lowest BCUT2D eigenvalue weighted by atomic mass is 9.93. The lowest BCUT2D eigenvalue weighted by molar-refractivity contribution is -0.134. The van der Waals surface area contributed by atoms with Crippen LogP contribution in [0.4, 0.5) is 10.5 Å². The van der Waals surface area contributed by atoms with Crippen molar-refractivity contribution in [3.8, 4) is 0 Å². The number of imide groups is 1. The molecule has 4 amide bonds. The molecule has 2 heterocycles. The highest BCUT2D eigenvalue weighted by atomic mass is 16.2. The SMILES string of the molecule is CC[C@@H](C(=O)N1CCC(N2CC(=O)N(c3ccccc3)C2=O)CC1)c1ccccc1. The summed E-state index contributed by atoms with van der Waals surface area (Å²) in [7, 11) is 0. The van der Waals surface area contributed by atoms with Gasteiger partial charge in [0.25, 0.3) is 5.91 Å². The molecule has 30 heavy (non-hydrogen) atoms. The summed E-state index contributed by atoms with van der Waals surface area (Å²) >= 11 is 0. The largest absolute Gasteiger partial charge is 0.342 e. The number of carbonyl (C=O) groups excluding carboxylic acids is 3. The fraction of sp³-hybridized carbons (Fsp3) is 0.375. The monoisotopic (exact) mass is 405 g/mol. The molecule has 2 aliphatic heterocycles. The molecule has 0 spiro atoms. The first-order valence-corrected chi connectivity index (χ1v) is 10.6. The van der Waals surface area contributed by atoms with Crippen molar-refractivity contribution in [1.29, 1.82) is 0 Å². The second kappa shape index (κ2) is 8.69. The van der Waals surface area contributed by atoms with E-state index in [-0.39, 0.29) is 36.3 Å². The standard InChI is InChI=1S/C24H27N3O3/c1-2-21(18-9-5-3-6-10-18)23(29)25-15-13-19(14-16-25)26-17-22(28)27(24(26)30)20-11-7-4-8-12-20/h3-12,19,21H,2,13-17H2,1H3/t21-/m1/s1. The molecular weight excluding hydrogens is 378 g/mol. The van der Waals surface area contributed by atoms with Gasteiger partial charge in [0.15, 0.2) is 0 Å². The molecule has 1 atom stereocenters. The van der Waals surface area contributed by atoms with Crippen molar-refractivity contribution in [3.63, 3.8) is 0 Å². The molecule has 2 aromatic rings.